The maximum atomic E-state index is 12.6. The summed E-state index contributed by atoms with van der Waals surface area (Å²) in [6.07, 6.45) is 0. The maximum absolute atomic E-state index is 12.6. The molecule has 1 aliphatic heterocycles. The van der Waals surface area contributed by atoms with E-state index in [0.717, 1.165) is 16.6 Å². The van der Waals surface area contributed by atoms with Crippen LogP contribution in [0.25, 0.3) is 10.9 Å². The SMILES string of the molecule is Cc1ccc(NC(=S)N(CCO)Cc2cc3cc4c(cc3[nH]c2=O)OCO4)cc1. The number of pyridine rings is 1. The molecule has 1 aliphatic rings. The molecule has 0 saturated carbocycles. The molecule has 8 heteroatoms. The van der Waals surface area contributed by atoms with E-state index in [1.165, 1.54) is 0 Å². The van der Waals surface area contributed by atoms with E-state index < -0.39 is 0 Å². The third-order valence-corrected chi connectivity index (χ3v) is 5.10. The van der Waals surface area contributed by atoms with Gasteiger partial charge in [0.2, 0.25) is 6.79 Å². The van der Waals surface area contributed by atoms with Gasteiger partial charge in [-0.25, -0.2) is 0 Å². The van der Waals surface area contributed by atoms with Crippen molar-refractivity contribution in [1.29, 1.82) is 0 Å². The van der Waals surface area contributed by atoms with E-state index in [-0.39, 0.29) is 25.5 Å². The molecule has 0 saturated heterocycles. The molecular formula is C21H21N3O4S. The molecule has 1 aromatic heterocycles. The second-order valence-corrected chi connectivity index (χ2v) is 7.24. The molecule has 7 nitrogen and oxygen atoms in total. The first-order chi connectivity index (χ1) is 14.0. The number of nitrogens with zero attached hydrogens (tertiary/aromatic N) is 1. The Bertz CT molecular complexity index is 1110. The highest BCUT2D eigenvalue weighted by atomic mass is 32.1. The number of nitrogens with one attached hydrogen (secondary N) is 2. The molecule has 150 valence electrons. The van der Waals surface area contributed by atoms with Crippen molar-refractivity contribution in [3.8, 4) is 11.5 Å². The first-order valence-corrected chi connectivity index (χ1v) is 9.63. The smallest absolute Gasteiger partial charge is 0.253 e. The lowest BCUT2D eigenvalue weighted by atomic mass is 10.1. The number of hydrogen-bond donors (Lipinski definition) is 3. The quantitative estimate of drug-likeness (QED) is 0.557. The van der Waals surface area contributed by atoms with Crippen molar-refractivity contribution in [2.75, 3.05) is 25.3 Å². The largest absolute Gasteiger partial charge is 0.454 e. The number of H-pyrrole nitrogens is 1. The van der Waals surface area contributed by atoms with Crippen molar-refractivity contribution in [2.45, 2.75) is 13.5 Å². The van der Waals surface area contributed by atoms with Crippen LogP contribution < -0.4 is 20.3 Å². The zero-order valence-electron chi connectivity index (χ0n) is 15.9. The predicted octanol–water partition coefficient (Wildman–Crippen LogP) is 2.76. The highest BCUT2D eigenvalue weighted by molar-refractivity contribution is 7.80. The van der Waals surface area contributed by atoms with Crippen LogP contribution in [0.5, 0.6) is 11.5 Å². The maximum Gasteiger partial charge on any atom is 0.253 e. The van der Waals surface area contributed by atoms with Gasteiger partial charge in [0.1, 0.15) is 0 Å². The molecule has 0 amide bonds. The topological polar surface area (TPSA) is 86.8 Å². The first kappa shape index (κ1) is 19.2. The minimum absolute atomic E-state index is 0.0834. The van der Waals surface area contributed by atoms with Crippen LogP contribution in [-0.4, -0.2) is 40.0 Å². The van der Waals surface area contributed by atoms with Gasteiger partial charge in [-0.05, 0) is 43.4 Å². The van der Waals surface area contributed by atoms with Crippen molar-refractivity contribution in [1.82, 2.24) is 9.88 Å². The van der Waals surface area contributed by atoms with Crippen molar-refractivity contribution < 1.29 is 14.6 Å². The summed E-state index contributed by atoms with van der Waals surface area (Å²) in [7, 11) is 0. The molecule has 29 heavy (non-hydrogen) atoms. The van der Waals surface area contributed by atoms with Crippen molar-refractivity contribution in [3.63, 3.8) is 0 Å². The number of hydrogen-bond acceptors (Lipinski definition) is 5. The monoisotopic (exact) mass is 411 g/mol. The van der Waals surface area contributed by atoms with Crippen LogP contribution in [-0.2, 0) is 6.54 Å². The fourth-order valence-electron chi connectivity index (χ4n) is 3.18. The molecule has 0 unspecified atom stereocenters. The standard InChI is InChI=1S/C21H21N3O4S/c1-13-2-4-16(5-3-13)22-21(29)24(6-7-25)11-15-8-14-9-18-19(28-12-27-18)10-17(14)23-20(15)26/h2-5,8-10,25H,6-7,11-12H2,1H3,(H,22,29)(H,23,26). The number of aryl methyl sites for hydroxylation is 1. The summed E-state index contributed by atoms with van der Waals surface area (Å²) in [5, 5.41) is 13.9. The van der Waals surface area contributed by atoms with Crippen LogP contribution >= 0.6 is 12.2 Å². The van der Waals surface area contributed by atoms with E-state index in [2.05, 4.69) is 10.3 Å². The molecule has 0 fully saturated rings. The molecule has 0 spiro atoms. The van der Waals surface area contributed by atoms with Crippen LogP contribution in [0.3, 0.4) is 0 Å². The second kappa shape index (κ2) is 8.10. The Morgan fingerprint density at radius 1 is 1.21 bits per heavy atom. The number of aliphatic hydroxyl groups is 1. The van der Waals surface area contributed by atoms with E-state index in [9.17, 15) is 9.90 Å². The van der Waals surface area contributed by atoms with Crippen LogP contribution in [0.15, 0.2) is 47.3 Å². The lowest BCUT2D eigenvalue weighted by molar-refractivity contribution is 0.174. The van der Waals surface area contributed by atoms with E-state index in [1.54, 1.807) is 11.0 Å². The lowest BCUT2D eigenvalue weighted by Crippen LogP contribution is -2.37. The fourth-order valence-corrected chi connectivity index (χ4v) is 3.45. The molecule has 2 heterocycles. The van der Waals surface area contributed by atoms with Gasteiger partial charge >= 0.3 is 0 Å². The zero-order chi connectivity index (χ0) is 20.4. The second-order valence-electron chi connectivity index (χ2n) is 6.86. The number of fused-ring (bicyclic) bond motifs is 2. The Morgan fingerprint density at radius 3 is 2.66 bits per heavy atom. The molecule has 3 aromatic rings. The van der Waals surface area contributed by atoms with Crippen molar-refractivity contribution in [2.24, 2.45) is 0 Å². The van der Waals surface area contributed by atoms with Gasteiger partial charge in [-0.1, -0.05) is 17.7 Å². The summed E-state index contributed by atoms with van der Waals surface area (Å²) in [5.74, 6) is 1.27. The normalized spacial score (nSPS) is 12.2. The van der Waals surface area contributed by atoms with E-state index in [0.29, 0.717) is 34.2 Å². The molecule has 3 N–H and O–H groups in total. The Hall–Kier alpha value is -3.10. The lowest BCUT2D eigenvalue weighted by Gasteiger charge is -2.25. The van der Waals surface area contributed by atoms with Crippen LogP contribution in [0.4, 0.5) is 5.69 Å². The summed E-state index contributed by atoms with van der Waals surface area (Å²) in [5.41, 5.74) is 3.01. The van der Waals surface area contributed by atoms with Crippen molar-refractivity contribution in [3.05, 3.63) is 63.9 Å². The number of ether oxygens (including phenoxy) is 2. The Morgan fingerprint density at radius 2 is 1.93 bits per heavy atom. The summed E-state index contributed by atoms with van der Waals surface area (Å²) in [6.45, 7) is 2.67. The van der Waals surface area contributed by atoms with Gasteiger partial charge < -0.3 is 29.8 Å². The number of aliphatic hydroxyl groups excluding tert-OH is 1. The first-order valence-electron chi connectivity index (χ1n) is 9.22. The third-order valence-electron chi connectivity index (χ3n) is 4.74. The summed E-state index contributed by atoms with van der Waals surface area (Å²) < 4.78 is 10.8. The van der Waals surface area contributed by atoms with Crippen molar-refractivity contribution >= 4 is 33.9 Å². The molecule has 2 aromatic carbocycles. The average Bonchev–Trinajstić information content (AvgIpc) is 3.15. The molecule has 0 atom stereocenters. The van der Waals surface area contributed by atoms with Gasteiger partial charge in [-0.3, -0.25) is 4.79 Å². The van der Waals surface area contributed by atoms with Gasteiger partial charge in [-0.2, -0.15) is 0 Å². The van der Waals surface area contributed by atoms with Gasteiger partial charge in [0.25, 0.3) is 5.56 Å². The summed E-state index contributed by atoms with van der Waals surface area (Å²) in [6, 6.07) is 13.3. The summed E-state index contributed by atoms with van der Waals surface area (Å²) in [4.78, 5) is 17.3. The highest BCUT2D eigenvalue weighted by Crippen LogP contribution is 2.35. The van der Waals surface area contributed by atoms with E-state index in [4.69, 9.17) is 21.7 Å². The van der Waals surface area contributed by atoms with E-state index >= 15 is 0 Å². The summed E-state index contributed by atoms with van der Waals surface area (Å²) >= 11 is 5.51. The van der Waals surface area contributed by atoms with Gasteiger partial charge in [0.05, 0.1) is 18.7 Å². The number of anilines is 1. The van der Waals surface area contributed by atoms with Crippen LogP contribution in [0.2, 0.25) is 0 Å². The average molecular weight is 411 g/mol. The van der Waals surface area contributed by atoms with E-state index in [1.807, 2.05) is 43.3 Å². The molecule has 4 rings (SSSR count). The molecular weight excluding hydrogens is 390 g/mol. The third kappa shape index (κ3) is 4.18. The number of aromatic amines is 1. The van der Waals surface area contributed by atoms with Crippen LogP contribution in [0, 0.1) is 6.92 Å². The van der Waals surface area contributed by atoms with Gasteiger partial charge in [-0.15, -0.1) is 0 Å². The van der Waals surface area contributed by atoms with Gasteiger partial charge in [0.15, 0.2) is 16.6 Å². The number of aromatic nitrogens is 1. The molecule has 0 radical (unpaired) electrons. The minimum atomic E-state index is -0.211. The number of rotatable bonds is 5. The predicted molar refractivity (Wildman–Crippen MR) is 116 cm³/mol. The Kier molecular flexibility index (Phi) is 5.37. The fraction of sp³-hybridized carbons (Fsp3) is 0.238. The molecule has 0 aliphatic carbocycles. The number of benzene rings is 2. The zero-order valence-corrected chi connectivity index (χ0v) is 16.7. The highest BCUT2D eigenvalue weighted by Gasteiger charge is 2.17. The van der Waals surface area contributed by atoms with Gasteiger partial charge in [0, 0.05) is 29.2 Å². The van der Waals surface area contributed by atoms with Crippen LogP contribution in [0.1, 0.15) is 11.1 Å². The minimum Gasteiger partial charge on any atom is -0.454 e. The Labute approximate surface area is 172 Å². The Balaban J connectivity index is 1.58. The number of thiocarbonyl (C=S) groups is 1. The molecule has 0 bridgehead atoms.